The molecular formula is C24H27NO4. The molecule has 29 heavy (non-hydrogen) atoms. The summed E-state index contributed by atoms with van der Waals surface area (Å²) in [5, 5.41) is 9.37. The van der Waals surface area contributed by atoms with Crippen LogP contribution in [0.2, 0.25) is 0 Å². The average Bonchev–Trinajstić information content (AvgIpc) is 2.75. The number of hydrogen-bond donors (Lipinski definition) is 1. The number of hydrogen-bond acceptors (Lipinski definition) is 3. The van der Waals surface area contributed by atoms with Crippen molar-refractivity contribution in [2.75, 3.05) is 19.7 Å². The predicted octanol–water partition coefficient (Wildman–Crippen LogP) is 3.87. The van der Waals surface area contributed by atoms with Gasteiger partial charge in [0.05, 0.1) is 24.7 Å². The standard InChI is InChI=1S/C24H27NO4/c26-23(16-22-20-7-3-1-5-18(20)11-14-29-22)25-12-9-17(10-13-25)15-19-6-2-4-8-21(19)24(27)28/h1-8,17,22H,9-16H2,(H,27,28). The van der Waals surface area contributed by atoms with Crippen LogP contribution in [0.15, 0.2) is 48.5 Å². The van der Waals surface area contributed by atoms with Crippen LogP contribution in [-0.2, 0) is 22.4 Å². The lowest BCUT2D eigenvalue weighted by molar-refractivity contribution is -0.136. The van der Waals surface area contributed by atoms with Gasteiger partial charge in [0.25, 0.3) is 0 Å². The Morgan fingerprint density at radius 2 is 1.76 bits per heavy atom. The van der Waals surface area contributed by atoms with Gasteiger partial charge >= 0.3 is 5.97 Å². The van der Waals surface area contributed by atoms with Gasteiger partial charge in [-0.2, -0.15) is 0 Å². The van der Waals surface area contributed by atoms with E-state index in [2.05, 4.69) is 12.1 Å². The van der Waals surface area contributed by atoms with Crippen molar-refractivity contribution in [3.63, 3.8) is 0 Å². The average molecular weight is 393 g/mol. The molecule has 2 heterocycles. The highest BCUT2D eigenvalue weighted by molar-refractivity contribution is 5.89. The van der Waals surface area contributed by atoms with Gasteiger partial charge in [-0.25, -0.2) is 4.79 Å². The van der Waals surface area contributed by atoms with Crippen molar-refractivity contribution in [1.29, 1.82) is 0 Å². The number of piperidine rings is 1. The lowest BCUT2D eigenvalue weighted by Gasteiger charge is -2.34. The smallest absolute Gasteiger partial charge is 0.335 e. The first kappa shape index (κ1) is 19.6. The van der Waals surface area contributed by atoms with Gasteiger partial charge in [-0.15, -0.1) is 0 Å². The van der Waals surface area contributed by atoms with Crippen LogP contribution in [0.3, 0.4) is 0 Å². The van der Waals surface area contributed by atoms with Gasteiger partial charge in [-0.05, 0) is 54.4 Å². The van der Waals surface area contributed by atoms with E-state index in [1.165, 1.54) is 5.56 Å². The summed E-state index contributed by atoms with van der Waals surface area (Å²) in [6.07, 6.45) is 3.72. The van der Waals surface area contributed by atoms with Crippen LogP contribution >= 0.6 is 0 Å². The summed E-state index contributed by atoms with van der Waals surface area (Å²) >= 11 is 0. The normalized spacial score (nSPS) is 19.6. The SMILES string of the molecule is O=C(O)c1ccccc1CC1CCN(C(=O)CC2OCCc3ccccc32)CC1. The summed E-state index contributed by atoms with van der Waals surface area (Å²) in [5.41, 5.74) is 3.70. The van der Waals surface area contributed by atoms with E-state index in [0.29, 0.717) is 24.5 Å². The number of carboxylic acid groups (broad SMARTS) is 1. The van der Waals surface area contributed by atoms with Crippen LogP contribution in [0, 0.1) is 5.92 Å². The van der Waals surface area contributed by atoms with Crippen LogP contribution < -0.4 is 0 Å². The minimum Gasteiger partial charge on any atom is -0.478 e. The number of rotatable bonds is 5. The second kappa shape index (κ2) is 8.78. The Kier molecular flexibility index (Phi) is 5.95. The van der Waals surface area contributed by atoms with Crippen LogP contribution in [0.1, 0.15) is 52.4 Å². The molecule has 2 aromatic rings. The molecule has 5 nitrogen and oxygen atoms in total. The molecule has 0 aliphatic carbocycles. The molecule has 4 rings (SSSR count). The fourth-order valence-electron chi connectivity index (χ4n) is 4.54. The number of carbonyl (C=O) groups is 2. The maximum atomic E-state index is 12.9. The number of fused-ring (bicyclic) bond motifs is 1. The van der Waals surface area contributed by atoms with Gasteiger partial charge in [-0.3, -0.25) is 4.79 Å². The fourth-order valence-corrected chi connectivity index (χ4v) is 4.54. The Morgan fingerprint density at radius 3 is 2.55 bits per heavy atom. The number of benzene rings is 2. The van der Waals surface area contributed by atoms with Crippen molar-refractivity contribution in [2.45, 2.75) is 38.2 Å². The first-order valence-electron chi connectivity index (χ1n) is 10.4. The monoisotopic (exact) mass is 393 g/mol. The maximum Gasteiger partial charge on any atom is 0.335 e. The number of amides is 1. The predicted molar refractivity (Wildman–Crippen MR) is 110 cm³/mol. The van der Waals surface area contributed by atoms with Crippen LogP contribution in [0.4, 0.5) is 0 Å². The summed E-state index contributed by atoms with van der Waals surface area (Å²) < 4.78 is 5.90. The third-order valence-corrected chi connectivity index (χ3v) is 6.18. The van der Waals surface area contributed by atoms with Gasteiger partial charge in [0.2, 0.25) is 5.91 Å². The molecule has 0 saturated carbocycles. The molecule has 5 heteroatoms. The highest BCUT2D eigenvalue weighted by Gasteiger charge is 2.28. The molecule has 0 radical (unpaired) electrons. The molecule has 1 amide bonds. The van der Waals surface area contributed by atoms with E-state index in [9.17, 15) is 14.7 Å². The number of carboxylic acids is 1. The molecule has 0 spiro atoms. The van der Waals surface area contributed by atoms with E-state index in [0.717, 1.165) is 49.9 Å². The zero-order valence-corrected chi connectivity index (χ0v) is 16.5. The Morgan fingerprint density at radius 1 is 1.03 bits per heavy atom. The highest BCUT2D eigenvalue weighted by Crippen LogP contribution is 2.31. The quantitative estimate of drug-likeness (QED) is 0.837. The maximum absolute atomic E-state index is 12.9. The largest absolute Gasteiger partial charge is 0.478 e. The Hall–Kier alpha value is -2.66. The topological polar surface area (TPSA) is 66.8 Å². The molecule has 0 bridgehead atoms. The van der Waals surface area contributed by atoms with E-state index in [1.54, 1.807) is 12.1 Å². The van der Waals surface area contributed by atoms with Crippen molar-refractivity contribution >= 4 is 11.9 Å². The lowest BCUT2D eigenvalue weighted by atomic mass is 9.88. The highest BCUT2D eigenvalue weighted by atomic mass is 16.5. The number of aromatic carboxylic acids is 1. The van der Waals surface area contributed by atoms with E-state index in [1.807, 2.05) is 29.2 Å². The van der Waals surface area contributed by atoms with E-state index < -0.39 is 5.97 Å². The number of ether oxygens (including phenoxy) is 1. The summed E-state index contributed by atoms with van der Waals surface area (Å²) in [5.74, 6) is -0.316. The van der Waals surface area contributed by atoms with Crippen molar-refractivity contribution < 1.29 is 19.4 Å². The zero-order chi connectivity index (χ0) is 20.2. The van der Waals surface area contributed by atoms with E-state index >= 15 is 0 Å². The summed E-state index contributed by atoms with van der Waals surface area (Å²) in [6, 6.07) is 15.5. The van der Waals surface area contributed by atoms with Gasteiger partial charge < -0.3 is 14.7 Å². The number of carbonyl (C=O) groups excluding carboxylic acids is 1. The van der Waals surface area contributed by atoms with Gasteiger partial charge in [-0.1, -0.05) is 42.5 Å². The third kappa shape index (κ3) is 4.51. The van der Waals surface area contributed by atoms with Crippen LogP contribution in [-0.4, -0.2) is 41.6 Å². The van der Waals surface area contributed by atoms with Crippen molar-refractivity contribution in [3.05, 3.63) is 70.8 Å². The molecule has 1 N–H and O–H groups in total. The lowest BCUT2D eigenvalue weighted by Crippen LogP contribution is -2.40. The van der Waals surface area contributed by atoms with Crippen molar-refractivity contribution in [3.8, 4) is 0 Å². The minimum atomic E-state index is -0.874. The molecule has 2 aliphatic rings. The molecule has 2 aliphatic heterocycles. The molecule has 1 saturated heterocycles. The molecular weight excluding hydrogens is 366 g/mol. The van der Waals surface area contributed by atoms with Crippen molar-refractivity contribution in [2.24, 2.45) is 5.92 Å². The number of nitrogens with zero attached hydrogens (tertiary/aromatic N) is 1. The Bertz CT molecular complexity index is 886. The summed E-state index contributed by atoms with van der Waals surface area (Å²) in [4.78, 5) is 26.2. The van der Waals surface area contributed by atoms with E-state index in [4.69, 9.17) is 4.74 Å². The summed E-state index contributed by atoms with van der Waals surface area (Å²) in [7, 11) is 0. The summed E-state index contributed by atoms with van der Waals surface area (Å²) in [6.45, 7) is 2.13. The number of likely N-dealkylation sites (tertiary alicyclic amines) is 1. The molecule has 2 aromatic carbocycles. The Labute approximate surface area is 171 Å². The minimum absolute atomic E-state index is 0.146. The first-order valence-corrected chi connectivity index (χ1v) is 10.4. The van der Waals surface area contributed by atoms with Crippen molar-refractivity contribution in [1.82, 2.24) is 4.90 Å². The molecule has 1 atom stereocenters. The molecule has 152 valence electrons. The second-order valence-corrected chi connectivity index (χ2v) is 8.00. The van der Waals surface area contributed by atoms with Gasteiger partial charge in [0.1, 0.15) is 0 Å². The molecule has 1 fully saturated rings. The van der Waals surface area contributed by atoms with Crippen LogP contribution in [0.5, 0.6) is 0 Å². The fraction of sp³-hybridized carbons (Fsp3) is 0.417. The zero-order valence-electron chi connectivity index (χ0n) is 16.5. The molecule has 1 unspecified atom stereocenters. The molecule has 0 aromatic heterocycles. The van der Waals surface area contributed by atoms with Gasteiger partial charge in [0.15, 0.2) is 0 Å². The Balaban J connectivity index is 1.32. The van der Waals surface area contributed by atoms with Gasteiger partial charge in [0, 0.05) is 13.1 Å². The van der Waals surface area contributed by atoms with E-state index in [-0.39, 0.29) is 12.0 Å². The third-order valence-electron chi connectivity index (χ3n) is 6.18. The van der Waals surface area contributed by atoms with Crippen LogP contribution in [0.25, 0.3) is 0 Å². The first-order chi connectivity index (χ1) is 14.1. The second-order valence-electron chi connectivity index (χ2n) is 8.00.